The molecule has 0 aliphatic carbocycles. The number of rotatable bonds is 2. The lowest BCUT2D eigenvalue weighted by atomic mass is 9.95. The SMILES string of the molecule is CC1=NO[C@@](C)(C(=O)N2CCc3onc(-c4ccc(F)c(F)c4)c3C2)C1. The molecule has 26 heavy (non-hydrogen) atoms. The van der Waals surface area contributed by atoms with Crippen LogP contribution in [0, 0.1) is 11.6 Å². The lowest BCUT2D eigenvalue weighted by Crippen LogP contribution is -2.48. The zero-order chi connectivity index (χ0) is 18.5. The molecular formula is C18H17F2N3O3. The van der Waals surface area contributed by atoms with Gasteiger partial charge in [0.05, 0.1) is 12.3 Å². The number of amides is 1. The zero-order valence-electron chi connectivity index (χ0n) is 14.4. The maximum Gasteiger partial charge on any atom is 0.270 e. The molecule has 8 heteroatoms. The van der Waals surface area contributed by atoms with Crippen molar-refractivity contribution in [3.8, 4) is 11.3 Å². The van der Waals surface area contributed by atoms with Crippen LogP contribution < -0.4 is 0 Å². The van der Waals surface area contributed by atoms with Crippen LogP contribution in [0.5, 0.6) is 0 Å². The summed E-state index contributed by atoms with van der Waals surface area (Å²) in [6.07, 6.45) is 0.933. The van der Waals surface area contributed by atoms with Gasteiger partial charge in [0.25, 0.3) is 5.91 Å². The van der Waals surface area contributed by atoms with Gasteiger partial charge in [-0.2, -0.15) is 0 Å². The molecule has 2 aliphatic rings. The number of carbonyl (C=O) groups excluding carboxylic acids is 1. The second-order valence-corrected chi connectivity index (χ2v) is 6.86. The number of carbonyl (C=O) groups is 1. The Morgan fingerprint density at radius 3 is 2.81 bits per heavy atom. The van der Waals surface area contributed by atoms with E-state index in [0.29, 0.717) is 42.0 Å². The Morgan fingerprint density at radius 2 is 2.12 bits per heavy atom. The first-order chi connectivity index (χ1) is 12.4. The molecule has 0 bridgehead atoms. The highest BCUT2D eigenvalue weighted by atomic mass is 19.2. The minimum atomic E-state index is -1.01. The normalized spacial score (nSPS) is 22.0. The summed E-state index contributed by atoms with van der Waals surface area (Å²) in [5, 5.41) is 7.89. The molecule has 0 N–H and O–H groups in total. The predicted octanol–water partition coefficient (Wildman–Crippen LogP) is 3.06. The number of halogens is 2. The van der Waals surface area contributed by atoms with E-state index in [4.69, 9.17) is 9.36 Å². The highest BCUT2D eigenvalue weighted by Crippen LogP contribution is 2.33. The van der Waals surface area contributed by atoms with Crippen molar-refractivity contribution in [3.05, 3.63) is 41.2 Å². The molecule has 136 valence electrons. The van der Waals surface area contributed by atoms with Crippen molar-refractivity contribution in [1.29, 1.82) is 0 Å². The van der Waals surface area contributed by atoms with Gasteiger partial charge in [-0.15, -0.1) is 0 Å². The molecule has 0 unspecified atom stereocenters. The van der Waals surface area contributed by atoms with Gasteiger partial charge in [-0.25, -0.2) is 8.78 Å². The molecule has 1 amide bonds. The van der Waals surface area contributed by atoms with E-state index in [-0.39, 0.29) is 12.5 Å². The number of nitrogens with zero attached hydrogens (tertiary/aromatic N) is 3. The van der Waals surface area contributed by atoms with Crippen molar-refractivity contribution in [1.82, 2.24) is 10.1 Å². The fourth-order valence-electron chi connectivity index (χ4n) is 3.43. The summed E-state index contributed by atoms with van der Waals surface area (Å²) < 4.78 is 32.1. The van der Waals surface area contributed by atoms with Gasteiger partial charge in [0.15, 0.2) is 11.6 Å². The summed E-state index contributed by atoms with van der Waals surface area (Å²) in [5.74, 6) is -1.40. The number of fused-ring (bicyclic) bond motifs is 1. The molecule has 0 fully saturated rings. The first kappa shape index (κ1) is 16.7. The van der Waals surface area contributed by atoms with Crippen LogP contribution in [0.1, 0.15) is 31.6 Å². The summed E-state index contributed by atoms with van der Waals surface area (Å²) in [4.78, 5) is 19.9. The van der Waals surface area contributed by atoms with Gasteiger partial charge >= 0.3 is 0 Å². The van der Waals surface area contributed by atoms with Crippen LogP contribution in [-0.4, -0.2) is 33.8 Å². The van der Waals surface area contributed by atoms with Gasteiger partial charge in [-0.1, -0.05) is 10.3 Å². The van der Waals surface area contributed by atoms with E-state index in [1.807, 2.05) is 6.92 Å². The van der Waals surface area contributed by atoms with Crippen LogP contribution in [0.2, 0.25) is 0 Å². The Labute approximate surface area is 148 Å². The number of hydrogen-bond donors (Lipinski definition) is 0. The van der Waals surface area contributed by atoms with Crippen molar-refractivity contribution in [2.45, 2.75) is 38.8 Å². The van der Waals surface area contributed by atoms with Crippen LogP contribution in [-0.2, 0) is 22.6 Å². The van der Waals surface area contributed by atoms with Crippen LogP contribution in [0.3, 0.4) is 0 Å². The van der Waals surface area contributed by atoms with Crippen molar-refractivity contribution in [3.63, 3.8) is 0 Å². The third-order valence-electron chi connectivity index (χ3n) is 4.76. The molecule has 1 atom stereocenters. The molecule has 0 spiro atoms. The maximum atomic E-state index is 13.6. The molecule has 0 saturated heterocycles. The van der Waals surface area contributed by atoms with Gasteiger partial charge in [0.1, 0.15) is 11.5 Å². The van der Waals surface area contributed by atoms with Crippen molar-refractivity contribution in [2.75, 3.05) is 6.54 Å². The van der Waals surface area contributed by atoms with Crippen LogP contribution in [0.25, 0.3) is 11.3 Å². The Balaban J connectivity index is 1.62. The number of benzene rings is 1. The molecule has 2 aliphatic heterocycles. The third-order valence-corrected chi connectivity index (χ3v) is 4.76. The smallest absolute Gasteiger partial charge is 0.270 e. The molecule has 3 heterocycles. The van der Waals surface area contributed by atoms with E-state index < -0.39 is 17.2 Å². The fraction of sp³-hybridized carbons (Fsp3) is 0.389. The Kier molecular flexibility index (Phi) is 3.78. The average Bonchev–Trinajstić information content (AvgIpc) is 3.20. The zero-order valence-corrected chi connectivity index (χ0v) is 14.4. The quantitative estimate of drug-likeness (QED) is 0.824. The fourth-order valence-corrected chi connectivity index (χ4v) is 3.43. The van der Waals surface area contributed by atoms with E-state index in [9.17, 15) is 13.6 Å². The summed E-state index contributed by atoms with van der Waals surface area (Å²) in [7, 11) is 0. The van der Waals surface area contributed by atoms with Crippen molar-refractivity contribution < 1.29 is 22.9 Å². The third kappa shape index (κ3) is 2.65. The topological polar surface area (TPSA) is 67.9 Å². The summed E-state index contributed by atoms with van der Waals surface area (Å²) in [5.41, 5.74) is 1.29. The number of hydrogen-bond acceptors (Lipinski definition) is 5. The van der Waals surface area contributed by atoms with Crippen LogP contribution in [0.4, 0.5) is 8.78 Å². The van der Waals surface area contributed by atoms with Gasteiger partial charge < -0.3 is 14.3 Å². The second-order valence-electron chi connectivity index (χ2n) is 6.86. The first-order valence-corrected chi connectivity index (χ1v) is 8.31. The Hall–Kier alpha value is -2.77. The van der Waals surface area contributed by atoms with Crippen molar-refractivity contribution in [2.24, 2.45) is 5.16 Å². The predicted molar refractivity (Wildman–Crippen MR) is 88.2 cm³/mol. The lowest BCUT2D eigenvalue weighted by Gasteiger charge is -2.32. The second kappa shape index (κ2) is 5.89. The molecule has 2 aromatic rings. The standard InChI is InChI=1S/C18H17F2N3O3/c1-10-8-18(2,26-21-10)17(24)23-6-5-15-12(9-23)16(22-25-15)11-3-4-13(19)14(20)7-11/h3-4,7H,5-6,8-9H2,1-2H3/t18-/m1/s1. The van der Waals surface area contributed by atoms with E-state index in [0.717, 1.165) is 17.8 Å². The average molecular weight is 361 g/mol. The van der Waals surface area contributed by atoms with E-state index in [2.05, 4.69) is 10.3 Å². The van der Waals surface area contributed by atoms with Gasteiger partial charge in [-0.3, -0.25) is 4.79 Å². The van der Waals surface area contributed by atoms with E-state index >= 15 is 0 Å². The molecule has 4 rings (SSSR count). The van der Waals surface area contributed by atoms with E-state index in [1.54, 1.807) is 11.8 Å². The number of aromatic nitrogens is 1. The summed E-state index contributed by atoms with van der Waals surface area (Å²) >= 11 is 0. The lowest BCUT2D eigenvalue weighted by molar-refractivity contribution is -0.154. The van der Waals surface area contributed by atoms with Crippen LogP contribution >= 0.6 is 0 Å². The van der Waals surface area contributed by atoms with Crippen LogP contribution in [0.15, 0.2) is 27.9 Å². The number of oxime groups is 1. The maximum absolute atomic E-state index is 13.6. The van der Waals surface area contributed by atoms with Gasteiger partial charge in [-0.05, 0) is 32.0 Å². The summed E-state index contributed by atoms with van der Waals surface area (Å²) in [6, 6.07) is 3.56. The monoisotopic (exact) mass is 361 g/mol. The minimum absolute atomic E-state index is 0.166. The highest BCUT2D eigenvalue weighted by molar-refractivity contribution is 5.94. The Morgan fingerprint density at radius 1 is 1.31 bits per heavy atom. The largest absolute Gasteiger partial charge is 0.379 e. The molecule has 0 radical (unpaired) electrons. The minimum Gasteiger partial charge on any atom is -0.379 e. The first-order valence-electron chi connectivity index (χ1n) is 8.31. The van der Waals surface area contributed by atoms with E-state index in [1.165, 1.54) is 6.07 Å². The molecular weight excluding hydrogens is 344 g/mol. The van der Waals surface area contributed by atoms with Crippen molar-refractivity contribution >= 4 is 11.6 Å². The highest BCUT2D eigenvalue weighted by Gasteiger charge is 2.44. The van der Waals surface area contributed by atoms with Gasteiger partial charge in [0, 0.05) is 30.5 Å². The molecule has 1 aromatic heterocycles. The summed E-state index contributed by atoms with van der Waals surface area (Å²) in [6.45, 7) is 4.27. The molecule has 0 saturated carbocycles. The van der Waals surface area contributed by atoms with Gasteiger partial charge in [0.2, 0.25) is 5.60 Å². The molecule has 1 aromatic carbocycles. The molecule has 6 nitrogen and oxygen atoms in total. The Bertz CT molecular complexity index is 924.